The zero-order valence-corrected chi connectivity index (χ0v) is 13.6. The van der Waals surface area contributed by atoms with Gasteiger partial charge in [-0.1, -0.05) is 18.2 Å². The molecule has 0 unspecified atom stereocenters. The van der Waals surface area contributed by atoms with Crippen LogP contribution in [-0.4, -0.2) is 41.2 Å². The number of carbonyl (C=O) groups is 1. The van der Waals surface area contributed by atoms with E-state index in [4.69, 9.17) is 4.74 Å². The Morgan fingerprint density at radius 2 is 1.80 bits per heavy atom. The van der Waals surface area contributed by atoms with Crippen molar-refractivity contribution in [1.82, 2.24) is 4.90 Å². The Morgan fingerprint density at radius 1 is 1.12 bits per heavy atom. The maximum atomic E-state index is 13.8. The van der Waals surface area contributed by atoms with E-state index in [1.54, 1.807) is 12.1 Å². The third kappa shape index (κ3) is 4.14. The van der Waals surface area contributed by atoms with Crippen LogP contribution >= 0.6 is 0 Å². The third-order valence-electron chi connectivity index (χ3n) is 4.39. The Morgan fingerprint density at radius 3 is 2.48 bits per heavy atom. The first-order valence-electron chi connectivity index (χ1n) is 8.11. The molecule has 0 bridgehead atoms. The van der Waals surface area contributed by atoms with E-state index in [0.29, 0.717) is 18.6 Å². The van der Waals surface area contributed by atoms with E-state index in [1.807, 2.05) is 18.2 Å². The molecule has 0 aliphatic carbocycles. The highest BCUT2D eigenvalue weighted by molar-refractivity contribution is 5.94. The third-order valence-corrected chi connectivity index (χ3v) is 4.39. The maximum absolute atomic E-state index is 13.8. The van der Waals surface area contributed by atoms with Crippen LogP contribution in [0.2, 0.25) is 0 Å². The summed E-state index contributed by atoms with van der Waals surface area (Å²) in [7, 11) is 0. The lowest BCUT2D eigenvalue weighted by Crippen LogP contribution is -2.49. The van der Waals surface area contributed by atoms with Crippen molar-refractivity contribution in [3.05, 3.63) is 65.7 Å². The molecule has 1 N–H and O–H groups in total. The quantitative estimate of drug-likeness (QED) is 0.925. The highest BCUT2D eigenvalue weighted by Gasteiger charge is 2.35. The maximum Gasteiger partial charge on any atom is 0.256 e. The number of likely N-dealkylation sites (tertiary alicyclic amines) is 1. The van der Waals surface area contributed by atoms with Crippen molar-refractivity contribution in [2.45, 2.75) is 18.4 Å². The standard InChI is InChI=1S/C19H19F2NO3/c20-14-6-7-17(21)16(12-14)18(23)22-10-8-19(24,9-11-22)13-25-15-4-2-1-3-5-15/h1-7,12,24H,8-11,13H2. The summed E-state index contributed by atoms with van der Waals surface area (Å²) in [5, 5.41) is 10.6. The minimum Gasteiger partial charge on any atom is -0.491 e. The zero-order chi connectivity index (χ0) is 17.9. The van der Waals surface area contributed by atoms with Gasteiger partial charge in [0, 0.05) is 13.1 Å². The molecule has 1 saturated heterocycles. The van der Waals surface area contributed by atoms with Crippen LogP contribution in [0.5, 0.6) is 5.75 Å². The van der Waals surface area contributed by atoms with E-state index in [9.17, 15) is 18.7 Å². The van der Waals surface area contributed by atoms with Crippen molar-refractivity contribution < 1.29 is 23.4 Å². The topological polar surface area (TPSA) is 49.8 Å². The van der Waals surface area contributed by atoms with Crippen LogP contribution in [0.15, 0.2) is 48.5 Å². The van der Waals surface area contributed by atoms with Crippen molar-refractivity contribution in [2.24, 2.45) is 0 Å². The SMILES string of the molecule is O=C(c1cc(F)ccc1F)N1CCC(O)(COc2ccccc2)CC1. The number of hydrogen-bond donors (Lipinski definition) is 1. The van der Waals surface area contributed by atoms with Gasteiger partial charge in [0.05, 0.1) is 5.56 Å². The lowest BCUT2D eigenvalue weighted by molar-refractivity contribution is -0.0476. The molecule has 1 aliphatic heterocycles. The van der Waals surface area contributed by atoms with Gasteiger partial charge in [-0.25, -0.2) is 8.78 Å². The fourth-order valence-electron chi connectivity index (χ4n) is 2.84. The van der Waals surface area contributed by atoms with E-state index in [0.717, 1.165) is 18.2 Å². The lowest BCUT2D eigenvalue weighted by atomic mass is 9.92. The molecule has 1 heterocycles. The summed E-state index contributed by atoms with van der Waals surface area (Å²) in [6.07, 6.45) is 0.616. The second kappa shape index (κ2) is 7.19. The Bertz CT molecular complexity index is 744. The van der Waals surface area contributed by atoms with Crippen molar-refractivity contribution in [1.29, 1.82) is 0 Å². The molecular formula is C19H19F2NO3. The molecule has 25 heavy (non-hydrogen) atoms. The summed E-state index contributed by atoms with van der Waals surface area (Å²) in [5.74, 6) is -1.31. The molecule has 1 amide bonds. The van der Waals surface area contributed by atoms with Crippen LogP contribution in [0, 0.1) is 11.6 Å². The van der Waals surface area contributed by atoms with Gasteiger partial charge in [-0.2, -0.15) is 0 Å². The minimum absolute atomic E-state index is 0.118. The first-order chi connectivity index (χ1) is 12.0. The number of aliphatic hydroxyl groups is 1. The molecule has 2 aromatic carbocycles. The second-order valence-electron chi connectivity index (χ2n) is 6.24. The fraction of sp³-hybridized carbons (Fsp3) is 0.316. The molecule has 1 aliphatic rings. The molecule has 0 atom stereocenters. The van der Waals surface area contributed by atoms with Gasteiger partial charge in [0.25, 0.3) is 5.91 Å². The molecule has 0 saturated carbocycles. The highest BCUT2D eigenvalue weighted by atomic mass is 19.1. The molecule has 0 aromatic heterocycles. The van der Waals surface area contributed by atoms with Crippen LogP contribution < -0.4 is 4.74 Å². The van der Waals surface area contributed by atoms with Crippen LogP contribution in [0.3, 0.4) is 0 Å². The number of para-hydroxylation sites is 1. The van der Waals surface area contributed by atoms with Gasteiger partial charge in [0.15, 0.2) is 0 Å². The number of ether oxygens (including phenoxy) is 1. The highest BCUT2D eigenvalue weighted by Crippen LogP contribution is 2.25. The largest absolute Gasteiger partial charge is 0.491 e. The Balaban J connectivity index is 1.59. The number of piperidine rings is 1. The predicted octanol–water partition coefficient (Wildman–Crippen LogP) is 3.01. The van der Waals surface area contributed by atoms with Crippen molar-refractivity contribution in [2.75, 3.05) is 19.7 Å². The first kappa shape index (κ1) is 17.4. The fourth-order valence-corrected chi connectivity index (χ4v) is 2.84. The van der Waals surface area contributed by atoms with Crippen LogP contribution in [0.25, 0.3) is 0 Å². The van der Waals surface area contributed by atoms with Gasteiger partial charge in [0.2, 0.25) is 0 Å². The van der Waals surface area contributed by atoms with Gasteiger partial charge >= 0.3 is 0 Å². The van der Waals surface area contributed by atoms with Crippen molar-refractivity contribution in [3.63, 3.8) is 0 Å². The number of amides is 1. The van der Waals surface area contributed by atoms with E-state index >= 15 is 0 Å². The molecule has 3 rings (SSSR count). The molecule has 1 fully saturated rings. The Kier molecular flexibility index (Phi) is 4.99. The van der Waals surface area contributed by atoms with Crippen molar-refractivity contribution >= 4 is 5.91 Å². The number of rotatable bonds is 4. The summed E-state index contributed by atoms with van der Waals surface area (Å²) >= 11 is 0. The molecule has 2 aromatic rings. The van der Waals surface area contributed by atoms with Gasteiger partial charge in [0.1, 0.15) is 29.6 Å². The summed E-state index contributed by atoms with van der Waals surface area (Å²) in [6, 6.07) is 12.0. The van der Waals surface area contributed by atoms with Gasteiger partial charge in [-0.05, 0) is 43.2 Å². The molecule has 0 radical (unpaired) electrons. The average molecular weight is 347 g/mol. The molecule has 6 heteroatoms. The van der Waals surface area contributed by atoms with E-state index < -0.39 is 23.1 Å². The average Bonchev–Trinajstić information content (AvgIpc) is 2.63. The normalized spacial score (nSPS) is 16.5. The Hall–Kier alpha value is -2.47. The summed E-state index contributed by atoms with van der Waals surface area (Å²) in [5.41, 5.74) is -1.33. The molecule has 4 nitrogen and oxygen atoms in total. The van der Waals surface area contributed by atoms with Gasteiger partial charge in [-0.3, -0.25) is 4.79 Å². The summed E-state index contributed by atoms with van der Waals surface area (Å²) in [6.45, 7) is 0.625. The van der Waals surface area contributed by atoms with Crippen molar-refractivity contribution in [3.8, 4) is 5.75 Å². The van der Waals surface area contributed by atoms with E-state index in [1.165, 1.54) is 4.90 Å². The Labute approximate surface area is 144 Å². The number of benzene rings is 2. The summed E-state index contributed by atoms with van der Waals surface area (Å²) < 4.78 is 32.6. The molecule has 0 spiro atoms. The molecular weight excluding hydrogens is 328 g/mol. The smallest absolute Gasteiger partial charge is 0.256 e. The molecule has 132 valence electrons. The first-order valence-corrected chi connectivity index (χ1v) is 8.11. The van der Waals surface area contributed by atoms with E-state index in [-0.39, 0.29) is 25.3 Å². The van der Waals surface area contributed by atoms with E-state index in [2.05, 4.69) is 0 Å². The van der Waals surface area contributed by atoms with Gasteiger partial charge < -0.3 is 14.7 Å². The second-order valence-corrected chi connectivity index (χ2v) is 6.24. The number of carbonyl (C=O) groups excluding carboxylic acids is 1. The monoisotopic (exact) mass is 347 g/mol. The number of nitrogens with zero attached hydrogens (tertiary/aromatic N) is 1. The van der Waals surface area contributed by atoms with Crippen LogP contribution in [0.1, 0.15) is 23.2 Å². The van der Waals surface area contributed by atoms with Gasteiger partial charge in [-0.15, -0.1) is 0 Å². The number of hydrogen-bond acceptors (Lipinski definition) is 3. The van der Waals surface area contributed by atoms with Crippen LogP contribution in [-0.2, 0) is 0 Å². The number of halogens is 2. The predicted molar refractivity (Wildman–Crippen MR) is 88.4 cm³/mol. The zero-order valence-electron chi connectivity index (χ0n) is 13.6. The minimum atomic E-state index is -1.05. The lowest BCUT2D eigenvalue weighted by Gasteiger charge is -2.38. The van der Waals surface area contributed by atoms with Crippen LogP contribution in [0.4, 0.5) is 8.78 Å². The summed E-state index contributed by atoms with van der Waals surface area (Å²) in [4.78, 5) is 13.8.